The van der Waals surface area contributed by atoms with Crippen molar-refractivity contribution in [2.45, 2.75) is 31.2 Å². The first-order valence-corrected chi connectivity index (χ1v) is 11.0. The minimum atomic E-state index is -1.29. The lowest BCUT2D eigenvalue weighted by atomic mass is 9.75. The van der Waals surface area contributed by atoms with E-state index in [0.29, 0.717) is 30.2 Å². The maximum Gasteiger partial charge on any atom is 0.240 e. The van der Waals surface area contributed by atoms with Crippen molar-refractivity contribution in [2.75, 3.05) is 27.3 Å². The quantitative estimate of drug-likeness (QED) is 0.435. The Balaban J connectivity index is 1.90. The Bertz CT molecular complexity index is 918. The zero-order valence-electron chi connectivity index (χ0n) is 17.1. The predicted octanol–water partition coefficient (Wildman–Crippen LogP) is 3.48. The molecule has 6 nitrogen and oxygen atoms in total. The average molecular weight is 449 g/mol. The Labute approximate surface area is 185 Å². The molecule has 0 spiro atoms. The Morgan fingerprint density at radius 2 is 2.03 bits per heavy atom. The van der Waals surface area contributed by atoms with E-state index < -0.39 is 5.41 Å². The van der Waals surface area contributed by atoms with Gasteiger partial charge in [0.25, 0.3) is 0 Å². The van der Waals surface area contributed by atoms with E-state index in [9.17, 15) is 14.4 Å². The zero-order chi connectivity index (χ0) is 21.7. The summed E-state index contributed by atoms with van der Waals surface area (Å²) in [4.78, 5) is 43.3. The first-order chi connectivity index (χ1) is 14.4. The molecule has 1 fully saturated rings. The molecule has 30 heavy (non-hydrogen) atoms. The van der Waals surface area contributed by atoms with E-state index in [0.717, 1.165) is 4.88 Å². The van der Waals surface area contributed by atoms with Crippen LogP contribution in [0.5, 0.6) is 0 Å². The van der Waals surface area contributed by atoms with Gasteiger partial charge in [-0.1, -0.05) is 35.9 Å². The molecule has 3 rings (SSSR count). The third-order valence-corrected chi connectivity index (χ3v) is 6.57. The molecule has 0 aliphatic carbocycles. The summed E-state index contributed by atoms with van der Waals surface area (Å²) in [7, 11) is 3.28. The van der Waals surface area contributed by atoms with Crippen molar-refractivity contribution in [3.05, 3.63) is 57.2 Å². The second-order valence-electron chi connectivity index (χ2n) is 7.44. The van der Waals surface area contributed by atoms with Crippen molar-refractivity contribution < 1.29 is 19.1 Å². The lowest BCUT2D eigenvalue weighted by Gasteiger charge is -2.30. The highest BCUT2D eigenvalue weighted by Gasteiger charge is 2.54. The molecular weight excluding hydrogens is 424 g/mol. The van der Waals surface area contributed by atoms with Crippen LogP contribution in [0.4, 0.5) is 0 Å². The predicted molar refractivity (Wildman–Crippen MR) is 116 cm³/mol. The van der Waals surface area contributed by atoms with Crippen LogP contribution < -0.4 is 0 Å². The van der Waals surface area contributed by atoms with Crippen molar-refractivity contribution in [1.82, 2.24) is 9.80 Å². The molecule has 3 amide bonds. The van der Waals surface area contributed by atoms with Gasteiger partial charge in [0, 0.05) is 50.1 Å². The number of carbonyl (C=O) groups excluding carboxylic acids is 3. The number of amides is 3. The van der Waals surface area contributed by atoms with Gasteiger partial charge in [-0.25, -0.2) is 0 Å². The van der Waals surface area contributed by atoms with E-state index in [1.54, 1.807) is 54.7 Å². The average Bonchev–Trinajstić information content (AvgIpc) is 3.30. The summed E-state index contributed by atoms with van der Waals surface area (Å²) in [6.45, 7) is 1.16. The Morgan fingerprint density at radius 3 is 2.70 bits per heavy atom. The van der Waals surface area contributed by atoms with Crippen LogP contribution >= 0.6 is 22.9 Å². The molecule has 0 saturated carbocycles. The summed E-state index contributed by atoms with van der Waals surface area (Å²) in [6.07, 6.45) is 0.365. The van der Waals surface area contributed by atoms with Crippen LogP contribution in [0.2, 0.25) is 5.02 Å². The van der Waals surface area contributed by atoms with Gasteiger partial charge >= 0.3 is 0 Å². The highest BCUT2D eigenvalue weighted by molar-refractivity contribution is 7.09. The molecule has 160 valence electrons. The van der Waals surface area contributed by atoms with Crippen molar-refractivity contribution in [3.8, 4) is 0 Å². The first-order valence-electron chi connectivity index (χ1n) is 9.74. The van der Waals surface area contributed by atoms with Gasteiger partial charge in [0.1, 0.15) is 0 Å². The van der Waals surface area contributed by atoms with Gasteiger partial charge in [0.15, 0.2) is 0 Å². The van der Waals surface area contributed by atoms with Gasteiger partial charge in [0.2, 0.25) is 17.7 Å². The van der Waals surface area contributed by atoms with Gasteiger partial charge in [-0.3, -0.25) is 19.3 Å². The smallest absolute Gasteiger partial charge is 0.240 e. The zero-order valence-corrected chi connectivity index (χ0v) is 18.7. The normalized spacial score (nSPS) is 18.8. The molecule has 1 aliphatic heterocycles. The molecule has 1 atom stereocenters. The minimum Gasteiger partial charge on any atom is -0.385 e. The van der Waals surface area contributed by atoms with Crippen molar-refractivity contribution in [2.24, 2.45) is 0 Å². The van der Waals surface area contributed by atoms with Crippen LogP contribution in [-0.2, 0) is 31.1 Å². The van der Waals surface area contributed by atoms with Crippen LogP contribution in [-0.4, -0.2) is 54.8 Å². The second kappa shape index (κ2) is 9.73. The fraction of sp³-hybridized carbons (Fsp3) is 0.409. The van der Waals surface area contributed by atoms with Gasteiger partial charge in [0.05, 0.1) is 12.0 Å². The van der Waals surface area contributed by atoms with E-state index in [-0.39, 0.29) is 37.1 Å². The van der Waals surface area contributed by atoms with E-state index in [1.807, 2.05) is 17.5 Å². The number of halogens is 1. The number of carbonyl (C=O) groups is 3. The molecule has 0 radical (unpaired) electrons. The fourth-order valence-corrected chi connectivity index (χ4v) is 4.88. The van der Waals surface area contributed by atoms with Gasteiger partial charge in [-0.2, -0.15) is 0 Å². The molecule has 2 aromatic rings. The van der Waals surface area contributed by atoms with E-state index in [4.69, 9.17) is 16.3 Å². The Kier molecular flexibility index (Phi) is 7.28. The number of hydrogen-bond donors (Lipinski definition) is 0. The Morgan fingerprint density at radius 1 is 1.27 bits per heavy atom. The molecule has 1 aromatic carbocycles. The molecular formula is C22H25ClN2O4S. The number of imide groups is 1. The Hall–Kier alpha value is -2.22. The number of thiophene rings is 1. The second-order valence-corrected chi connectivity index (χ2v) is 8.88. The van der Waals surface area contributed by atoms with Crippen LogP contribution in [0.25, 0.3) is 0 Å². The molecule has 1 aliphatic rings. The topological polar surface area (TPSA) is 66.9 Å². The number of methoxy groups -OCH3 is 1. The summed E-state index contributed by atoms with van der Waals surface area (Å²) >= 11 is 8.00. The van der Waals surface area contributed by atoms with E-state index >= 15 is 0 Å². The van der Waals surface area contributed by atoms with Crippen LogP contribution in [0.3, 0.4) is 0 Å². The third kappa shape index (κ3) is 4.58. The van der Waals surface area contributed by atoms with E-state index in [1.165, 1.54) is 4.90 Å². The third-order valence-electron chi connectivity index (χ3n) is 5.38. The summed E-state index contributed by atoms with van der Waals surface area (Å²) in [5, 5.41) is 2.33. The van der Waals surface area contributed by atoms with Gasteiger partial charge < -0.3 is 9.64 Å². The molecule has 8 heteroatoms. The standard InChI is InChI=1S/C22H25ClN2O4S/c1-24(15-16-7-5-12-30-16)19(26)13-22(17-8-3-4-9-18(17)23)14-20(27)25(21(22)28)10-6-11-29-2/h3-5,7-9,12H,6,10-11,13-15H2,1-2H3/t22-/m0/s1. The summed E-state index contributed by atoms with van der Waals surface area (Å²) in [6, 6.07) is 10.8. The minimum absolute atomic E-state index is 0.0683. The van der Waals surface area contributed by atoms with Gasteiger partial charge in [-0.15, -0.1) is 11.3 Å². The lowest BCUT2D eigenvalue weighted by Crippen LogP contribution is -2.43. The van der Waals surface area contributed by atoms with Crippen LogP contribution in [0.15, 0.2) is 41.8 Å². The summed E-state index contributed by atoms with van der Waals surface area (Å²) < 4.78 is 5.04. The SMILES string of the molecule is COCCCN1C(=O)C[C@@](CC(=O)N(C)Cc2cccs2)(c2ccccc2Cl)C1=O. The number of benzene rings is 1. The number of hydrogen-bond acceptors (Lipinski definition) is 5. The van der Waals surface area contributed by atoms with Crippen LogP contribution in [0.1, 0.15) is 29.7 Å². The molecule has 0 unspecified atom stereocenters. The monoisotopic (exact) mass is 448 g/mol. The summed E-state index contributed by atoms with van der Waals surface area (Å²) in [5.41, 5.74) is -0.763. The molecule has 1 aromatic heterocycles. The number of likely N-dealkylation sites (tertiary alicyclic amines) is 1. The van der Waals surface area contributed by atoms with Crippen molar-refractivity contribution in [3.63, 3.8) is 0 Å². The van der Waals surface area contributed by atoms with Crippen molar-refractivity contribution >= 4 is 40.7 Å². The van der Waals surface area contributed by atoms with E-state index in [2.05, 4.69) is 0 Å². The highest BCUT2D eigenvalue weighted by Crippen LogP contribution is 2.43. The molecule has 0 bridgehead atoms. The molecule has 1 saturated heterocycles. The highest BCUT2D eigenvalue weighted by atomic mass is 35.5. The summed E-state index contributed by atoms with van der Waals surface area (Å²) in [5.74, 6) is -0.859. The molecule has 0 N–H and O–H groups in total. The number of rotatable bonds is 9. The maximum absolute atomic E-state index is 13.5. The van der Waals surface area contributed by atoms with Gasteiger partial charge in [-0.05, 0) is 29.5 Å². The number of nitrogens with zero attached hydrogens (tertiary/aromatic N) is 2. The first kappa shape index (κ1) is 22.5. The van der Waals surface area contributed by atoms with Crippen molar-refractivity contribution in [1.29, 1.82) is 0 Å². The maximum atomic E-state index is 13.5. The largest absolute Gasteiger partial charge is 0.385 e. The molecule has 2 heterocycles. The van der Waals surface area contributed by atoms with Crippen LogP contribution in [0, 0.1) is 0 Å². The lowest BCUT2D eigenvalue weighted by molar-refractivity contribution is -0.142. The number of ether oxygens (including phenoxy) is 1. The fourth-order valence-electron chi connectivity index (χ4n) is 3.80.